The molecule has 2 amide bonds. The molecule has 0 aliphatic carbocycles. The van der Waals surface area contributed by atoms with E-state index >= 15 is 0 Å². The second kappa shape index (κ2) is 7.89. The molecule has 0 spiro atoms. The van der Waals surface area contributed by atoms with Crippen molar-refractivity contribution in [3.05, 3.63) is 64.3 Å². The first-order valence-electron chi connectivity index (χ1n) is 7.96. The van der Waals surface area contributed by atoms with Gasteiger partial charge in [0.1, 0.15) is 0 Å². The first kappa shape index (κ1) is 17.8. The van der Waals surface area contributed by atoms with E-state index in [0.29, 0.717) is 12.2 Å². The number of nitrogens with one attached hydrogen (secondary N) is 2. The molecule has 3 rings (SSSR count). The predicted molar refractivity (Wildman–Crippen MR) is 109 cm³/mol. The zero-order chi connectivity index (χ0) is 18.5. The van der Waals surface area contributed by atoms with E-state index in [0.717, 1.165) is 26.5 Å². The van der Waals surface area contributed by atoms with Gasteiger partial charge >= 0.3 is 6.03 Å². The third-order valence-electron chi connectivity index (χ3n) is 3.87. The summed E-state index contributed by atoms with van der Waals surface area (Å²) in [5.74, 6) is 2.63. The molecule has 0 saturated carbocycles. The Morgan fingerprint density at radius 3 is 2.92 bits per heavy atom. The van der Waals surface area contributed by atoms with Crippen LogP contribution < -0.4 is 10.7 Å². The number of hydrogen-bond acceptors (Lipinski definition) is 2. The van der Waals surface area contributed by atoms with Gasteiger partial charge in [-0.25, -0.2) is 10.2 Å². The Bertz CT molecular complexity index is 1030. The van der Waals surface area contributed by atoms with Crippen molar-refractivity contribution in [1.29, 1.82) is 0 Å². The van der Waals surface area contributed by atoms with E-state index in [1.165, 1.54) is 0 Å². The van der Waals surface area contributed by atoms with Gasteiger partial charge in [-0.2, -0.15) is 5.10 Å². The Balaban J connectivity index is 1.70. The van der Waals surface area contributed by atoms with Crippen LogP contribution >= 0.6 is 15.9 Å². The molecule has 3 aromatic rings. The Morgan fingerprint density at radius 1 is 1.35 bits per heavy atom. The number of urea groups is 1. The largest absolute Gasteiger partial charge is 0.339 e. The van der Waals surface area contributed by atoms with Gasteiger partial charge in [0.25, 0.3) is 0 Å². The number of hydrogen-bond donors (Lipinski definition) is 2. The summed E-state index contributed by atoms with van der Waals surface area (Å²) in [7, 11) is 0. The summed E-state index contributed by atoms with van der Waals surface area (Å²) in [5.41, 5.74) is 6.12. The summed E-state index contributed by atoms with van der Waals surface area (Å²) >= 11 is 3.43. The molecular weight excluding hydrogens is 392 g/mol. The summed E-state index contributed by atoms with van der Waals surface area (Å²) in [6.07, 6.45) is 8.96. The summed E-state index contributed by atoms with van der Waals surface area (Å²) in [6.45, 7) is 2.43. The number of carbonyl (C=O) groups excluding carboxylic acids is 1. The molecule has 0 radical (unpaired) electrons. The average Bonchev–Trinajstić information content (AvgIpc) is 2.97. The van der Waals surface area contributed by atoms with Gasteiger partial charge in [0.2, 0.25) is 0 Å². The van der Waals surface area contributed by atoms with Crippen LogP contribution in [0.3, 0.4) is 0 Å². The zero-order valence-electron chi connectivity index (χ0n) is 14.2. The molecule has 0 fully saturated rings. The van der Waals surface area contributed by atoms with Crippen molar-refractivity contribution in [3.63, 3.8) is 0 Å². The maximum absolute atomic E-state index is 12.0. The molecule has 0 saturated heterocycles. The maximum Gasteiger partial charge on any atom is 0.339 e. The monoisotopic (exact) mass is 408 g/mol. The van der Waals surface area contributed by atoms with Gasteiger partial charge in [0, 0.05) is 32.8 Å². The van der Waals surface area contributed by atoms with Crippen molar-refractivity contribution in [3.8, 4) is 12.3 Å². The average molecular weight is 409 g/mol. The summed E-state index contributed by atoms with van der Waals surface area (Å²) in [5, 5.41) is 7.81. The highest BCUT2D eigenvalue weighted by molar-refractivity contribution is 9.10. The second-order valence-corrected chi connectivity index (χ2v) is 6.58. The van der Waals surface area contributed by atoms with Crippen LogP contribution in [0.5, 0.6) is 0 Å². The number of hydrazone groups is 1. The Labute approximate surface area is 160 Å². The van der Waals surface area contributed by atoms with Crippen molar-refractivity contribution in [2.45, 2.75) is 13.5 Å². The lowest BCUT2D eigenvalue weighted by Crippen LogP contribution is -2.24. The van der Waals surface area contributed by atoms with Gasteiger partial charge in [-0.15, -0.1) is 6.42 Å². The van der Waals surface area contributed by atoms with E-state index < -0.39 is 6.03 Å². The molecule has 26 heavy (non-hydrogen) atoms. The summed E-state index contributed by atoms with van der Waals surface area (Å²) < 4.78 is 2.96. The van der Waals surface area contributed by atoms with Gasteiger partial charge in [-0.3, -0.25) is 0 Å². The number of benzene rings is 2. The van der Waals surface area contributed by atoms with Crippen molar-refractivity contribution in [2.24, 2.45) is 5.10 Å². The molecule has 0 aliphatic heterocycles. The van der Waals surface area contributed by atoms with Crippen molar-refractivity contribution >= 4 is 44.8 Å². The number of aromatic nitrogens is 1. The van der Waals surface area contributed by atoms with Gasteiger partial charge in [0.05, 0.1) is 12.8 Å². The minimum atomic E-state index is -0.407. The third kappa shape index (κ3) is 3.95. The van der Waals surface area contributed by atoms with Crippen molar-refractivity contribution in [1.82, 2.24) is 9.99 Å². The number of amides is 2. The van der Waals surface area contributed by atoms with Gasteiger partial charge in [0.15, 0.2) is 0 Å². The minimum Gasteiger partial charge on any atom is -0.335 e. The van der Waals surface area contributed by atoms with Crippen LogP contribution in [0.25, 0.3) is 10.9 Å². The van der Waals surface area contributed by atoms with Crippen LogP contribution in [0.15, 0.2) is 58.2 Å². The quantitative estimate of drug-likeness (QED) is 0.372. The number of rotatable bonds is 4. The smallest absolute Gasteiger partial charge is 0.335 e. The number of aryl methyl sites for hydroxylation is 1. The van der Waals surface area contributed by atoms with Crippen LogP contribution in [0.4, 0.5) is 10.5 Å². The van der Waals surface area contributed by atoms with E-state index in [1.54, 1.807) is 6.21 Å². The fourth-order valence-electron chi connectivity index (χ4n) is 2.65. The number of terminal acetylenes is 1. The molecule has 6 heteroatoms. The van der Waals surface area contributed by atoms with Gasteiger partial charge < -0.3 is 9.88 Å². The molecule has 0 bridgehead atoms. The molecule has 5 nitrogen and oxygen atoms in total. The number of anilines is 1. The Hall–Kier alpha value is -3.04. The lowest BCUT2D eigenvalue weighted by Gasteiger charge is -2.06. The number of fused-ring (bicyclic) bond motifs is 1. The first-order valence-corrected chi connectivity index (χ1v) is 8.75. The van der Waals surface area contributed by atoms with E-state index in [4.69, 9.17) is 6.42 Å². The number of carbonyl (C=O) groups is 1. The Morgan fingerprint density at radius 2 is 2.15 bits per heavy atom. The molecule has 2 N–H and O–H groups in total. The molecule has 1 aromatic heterocycles. The number of nitrogens with zero attached hydrogens (tertiary/aromatic N) is 2. The van der Waals surface area contributed by atoms with Crippen LogP contribution in [0.2, 0.25) is 0 Å². The molecular formula is C20H17BrN4O. The maximum atomic E-state index is 12.0. The highest BCUT2D eigenvalue weighted by Crippen LogP contribution is 2.20. The fraction of sp³-hybridized carbons (Fsp3) is 0.100. The Kier molecular flexibility index (Phi) is 5.40. The second-order valence-electron chi connectivity index (χ2n) is 5.72. The highest BCUT2D eigenvalue weighted by atomic mass is 79.9. The van der Waals surface area contributed by atoms with E-state index in [1.807, 2.05) is 60.2 Å². The summed E-state index contributed by atoms with van der Waals surface area (Å²) in [6, 6.07) is 13.1. The van der Waals surface area contributed by atoms with Crippen molar-refractivity contribution < 1.29 is 4.79 Å². The fourth-order valence-corrected chi connectivity index (χ4v) is 2.90. The number of halogens is 1. The molecule has 0 atom stereocenters. The van der Waals surface area contributed by atoms with Gasteiger partial charge in [-0.05, 0) is 36.8 Å². The standard InChI is InChI=1S/C20H17BrN4O/c1-3-10-25-13-15(17-6-4-5-7-19(17)25)12-22-24-20(26)23-16-8-9-18(21)14(2)11-16/h1,4-9,11-13H,10H2,2H3,(H2,23,24,26)/b22-12-. The van der Waals surface area contributed by atoms with E-state index in [-0.39, 0.29) is 0 Å². The SMILES string of the molecule is C#CCn1cc(/C=N\NC(=O)Nc2ccc(Br)c(C)c2)c2ccccc21. The molecule has 1 heterocycles. The van der Waals surface area contributed by atoms with Crippen LogP contribution in [-0.2, 0) is 6.54 Å². The highest BCUT2D eigenvalue weighted by Gasteiger charge is 2.06. The summed E-state index contributed by atoms with van der Waals surface area (Å²) in [4.78, 5) is 12.0. The molecule has 130 valence electrons. The third-order valence-corrected chi connectivity index (χ3v) is 4.76. The van der Waals surface area contributed by atoms with E-state index in [2.05, 4.69) is 37.7 Å². The molecule has 0 aliphatic rings. The zero-order valence-corrected chi connectivity index (χ0v) is 15.7. The molecule has 0 unspecified atom stereocenters. The normalized spacial score (nSPS) is 10.8. The lowest BCUT2D eigenvalue weighted by atomic mass is 10.2. The lowest BCUT2D eigenvalue weighted by molar-refractivity contribution is 0.252. The minimum absolute atomic E-state index is 0.407. The first-order chi connectivity index (χ1) is 12.6. The topological polar surface area (TPSA) is 58.4 Å². The van der Waals surface area contributed by atoms with Crippen LogP contribution in [-0.4, -0.2) is 16.8 Å². The van der Waals surface area contributed by atoms with E-state index in [9.17, 15) is 4.79 Å². The van der Waals surface area contributed by atoms with Crippen molar-refractivity contribution in [2.75, 3.05) is 5.32 Å². The predicted octanol–water partition coefficient (Wildman–Crippen LogP) is 4.50. The van der Waals surface area contributed by atoms with Gasteiger partial charge in [-0.1, -0.05) is 40.0 Å². The number of para-hydroxylation sites is 1. The van der Waals surface area contributed by atoms with Crippen LogP contribution in [0.1, 0.15) is 11.1 Å². The van der Waals surface area contributed by atoms with Crippen LogP contribution in [0, 0.1) is 19.3 Å². The molecule has 2 aromatic carbocycles.